The first-order valence-electron chi connectivity index (χ1n) is 7.01. The van der Waals surface area contributed by atoms with Crippen LogP contribution in [0.4, 0.5) is 5.82 Å². The van der Waals surface area contributed by atoms with Crippen molar-refractivity contribution < 1.29 is 0 Å². The maximum absolute atomic E-state index is 4.35. The molecule has 3 heteroatoms. The van der Waals surface area contributed by atoms with E-state index < -0.39 is 0 Å². The summed E-state index contributed by atoms with van der Waals surface area (Å²) in [5, 5.41) is 3.37. The van der Waals surface area contributed by atoms with E-state index in [1.54, 1.807) is 0 Å². The minimum atomic E-state index is 0.595. The van der Waals surface area contributed by atoms with E-state index in [0.717, 1.165) is 23.3 Å². The molecule has 0 atom stereocenters. The van der Waals surface area contributed by atoms with Crippen molar-refractivity contribution in [3.05, 3.63) is 57.7 Å². The van der Waals surface area contributed by atoms with Crippen molar-refractivity contribution in [2.24, 2.45) is 0 Å². The van der Waals surface area contributed by atoms with Crippen LogP contribution in [-0.2, 0) is 6.42 Å². The van der Waals surface area contributed by atoms with Gasteiger partial charge < -0.3 is 5.32 Å². The summed E-state index contributed by atoms with van der Waals surface area (Å²) in [4.78, 5) is 4.35. The molecule has 0 unspecified atom stereocenters. The van der Waals surface area contributed by atoms with Gasteiger partial charge in [0.2, 0.25) is 0 Å². The second-order valence-electron chi connectivity index (χ2n) is 5.39. The Morgan fingerprint density at radius 3 is 2.50 bits per heavy atom. The number of hydrogen-bond donors (Lipinski definition) is 1. The van der Waals surface area contributed by atoms with Crippen LogP contribution in [0.3, 0.4) is 0 Å². The fraction of sp³-hybridized carbons (Fsp3) is 0.353. The van der Waals surface area contributed by atoms with Gasteiger partial charge in [-0.05, 0) is 57.9 Å². The second kappa shape index (κ2) is 6.89. The number of nitrogens with zero attached hydrogens (tertiary/aromatic N) is 1. The van der Waals surface area contributed by atoms with E-state index in [-0.39, 0.29) is 0 Å². The first-order chi connectivity index (χ1) is 9.56. The third kappa shape index (κ3) is 4.07. The molecule has 106 valence electrons. The lowest BCUT2D eigenvalue weighted by molar-refractivity contribution is 0.864. The zero-order chi connectivity index (χ0) is 14.5. The Balaban J connectivity index is 1.87. The summed E-state index contributed by atoms with van der Waals surface area (Å²) >= 11 is 3.46. The summed E-state index contributed by atoms with van der Waals surface area (Å²) < 4.78 is 1.05. The fourth-order valence-corrected chi connectivity index (χ4v) is 2.26. The number of halogens is 1. The van der Waals surface area contributed by atoms with Gasteiger partial charge in [-0.3, -0.25) is 0 Å². The quantitative estimate of drug-likeness (QED) is 0.839. The van der Waals surface area contributed by atoms with Crippen molar-refractivity contribution in [2.75, 3.05) is 11.9 Å². The molecule has 0 saturated carbocycles. The molecule has 0 saturated heterocycles. The van der Waals surface area contributed by atoms with Crippen molar-refractivity contribution in [3.8, 4) is 0 Å². The highest BCUT2D eigenvalue weighted by Gasteiger charge is 2.00. The summed E-state index contributed by atoms with van der Waals surface area (Å²) in [5.74, 6) is 1.53. The Kier molecular flexibility index (Phi) is 5.18. The summed E-state index contributed by atoms with van der Waals surface area (Å²) in [5.41, 5.74) is 3.95. The lowest BCUT2D eigenvalue weighted by Gasteiger charge is -2.09. The van der Waals surface area contributed by atoms with Gasteiger partial charge in [-0.15, -0.1) is 0 Å². The van der Waals surface area contributed by atoms with Crippen LogP contribution in [-0.4, -0.2) is 11.5 Å². The van der Waals surface area contributed by atoms with Crippen LogP contribution in [0.15, 0.2) is 41.0 Å². The van der Waals surface area contributed by atoms with Crippen LogP contribution in [0.2, 0.25) is 0 Å². The van der Waals surface area contributed by atoms with Crippen molar-refractivity contribution in [1.29, 1.82) is 0 Å². The fourth-order valence-electron chi connectivity index (χ4n) is 2.04. The predicted octanol–water partition coefficient (Wildman–Crippen LogP) is 4.93. The molecule has 0 radical (unpaired) electrons. The Morgan fingerprint density at radius 1 is 1.20 bits per heavy atom. The average molecular weight is 333 g/mol. The number of nitrogens with one attached hydrogen (secondary N) is 1. The van der Waals surface area contributed by atoms with Gasteiger partial charge in [-0.25, -0.2) is 4.98 Å². The number of benzene rings is 1. The summed E-state index contributed by atoms with van der Waals surface area (Å²) in [6, 6.07) is 10.9. The predicted molar refractivity (Wildman–Crippen MR) is 89.4 cm³/mol. The molecule has 1 N–H and O–H groups in total. The van der Waals surface area contributed by atoms with Crippen LogP contribution in [0.1, 0.15) is 36.5 Å². The molecule has 2 rings (SSSR count). The highest BCUT2D eigenvalue weighted by molar-refractivity contribution is 9.10. The summed E-state index contributed by atoms with van der Waals surface area (Å²) in [6.07, 6.45) is 2.85. The number of aromatic nitrogens is 1. The lowest BCUT2D eigenvalue weighted by Crippen LogP contribution is -2.06. The van der Waals surface area contributed by atoms with E-state index in [1.807, 2.05) is 6.20 Å². The van der Waals surface area contributed by atoms with Gasteiger partial charge in [0.1, 0.15) is 5.82 Å². The van der Waals surface area contributed by atoms with Crippen LogP contribution >= 0.6 is 15.9 Å². The number of aryl methyl sites for hydroxylation is 1. The van der Waals surface area contributed by atoms with E-state index in [4.69, 9.17) is 0 Å². The van der Waals surface area contributed by atoms with Gasteiger partial charge in [0.25, 0.3) is 0 Å². The standard InChI is InChI=1S/C17H21BrN2/c1-12(2)15-6-4-14(5-7-15)8-9-19-17-10-13(3)16(18)11-20-17/h4-7,10-12H,8-9H2,1-3H3,(H,19,20). The Hall–Kier alpha value is -1.35. The van der Waals surface area contributed by atoms with Crippen molar-refractivity contribution in [2.45, 2.75) is 33.1 Å². The number of rotatable bonds is 5. The molecular weight excluding hydrogens is 312 g/mol. The third-order valence-electron chi connectivity index (χ3n) is 3.41. The van der Waals surface area contributed by atoms with Gasteiger partial charge in [-0.1, -0.05) is 38.1 Å². The van der Waals surface area contributed by atoms with Gasteiger partial charge >= 0.3 is 0 Å². The average Bonchev–Trinajstić information content (AvgIpc) is 2.43. The lowest BCUT2D eigenvalue weighted by atomic mass is 10.0. The largest absolute Gasteiger partial charge is 0.370 e. The van der Waals surface area contributed by atoms with E-state index >= 15 is 0 Å². The Bertz CT molecular complexity index is 562. The van der Waals surface area contributed by atoms with E-state index in [9.17, 15) is 0 Å². The number of anilines is 1. The molecule has 0 fully saturated rings. The van der Waals surface area contributed by atoms with Crippen molar-refractivity contribution in [1.82, 2.24) is 4.98 Å². The smallest absolute Gasteiger partial charge is 0.126 e. The number of hydrogen-bond acceptors (Lipinski definition) is 2. The molecule has 0 bridgehead atoms. The van der Waals surface area contributed by atoms with Crippen LogP contribution in [0.25, 0.3) is 0 Å². The zero-order valence-electron chi connectivity index (χ0n) is 12.3. The monoisotopic (exact) mass is 332 g/mol. The molecule has 1 heterocycles. The van der Waals surface area contributed by atoms with E-state index in [0.29, 0.717) is 5.92 Å². The second-order valence-corrected chi connectivity index (χ2v) is 6.25. The van der Waals surface area contributed by atoms with Gasteiger partial charge in [-0.2, -0.15) is 0 Å². The maximum atomic E-state index is 4.35. The SMILES string of the molecule is Cc1cc(NCCc2ccc(C(C)C)cc2)ncc1Br. The maximum Gasteiger partial charge on any atom is 0.126 e. The van der Waals surface area contributed by atoms with Crippen molar-refractivity contribution in [3.63, 3.8) is 0 Å². The first-order valence-corrected chi connectivity index (χ1v) is 7.80. The molecule has 2 nitrogen and oxygen atoms in total. The third-order valence-corrected chi connectivity index (χ3v) is 4.24. The zero-order valence-corrected chi connectivity index (χ0v) is 13.9. The van der Waals surface area contributed by atoms with Crippen LogP contribution < -0.4 is 5.32 Å². The molecule has 0 aliphatic rings. The first kappa shape index (κ1) is 15.0. The minimum Gasteiger partial charge on any atom is -0.370 e. The molecule has 0 spiro atoms. The van der Waals surface area contributed by atoms with E-state index in [1.165, 1.54) is 16.7 Å². The number of pyridine rings is 1. The van der Waals surface area contributed by atoms with Gasteiger partial charge in [0, 0.05) is 17.2 Å². The molecule has 20 heavy (non-hydrogen) atoms. The van der Waals surface area contributed by atoms with Gasteiger partial charge in [0.05, 0.1) is 0 Å². The van der Waals surface area contributed by atoms with Gasteiger partial charge in [0.15, 0.2) is 0 Å². The van der Waals surface area contributed by atoms with E-state index in [2.05, 4.69) is 77.3 Å². The highest BCUT2D eigenvalue weighted by atomic mass is 79.9. The Labute approximate surface area is 129 Å². The minimum absolute atomic E-state index is 0.595. The molecule has 0 aliphatic heterocycles. The van der Waals surface area contributed by atoms with Crippen LogP contribution in [0.5, 0.6) is 0 Å². The summed E-state index contributed by atoms with van der Waals surface area (Å²) in [6.45, 7) is 7.41. The molecule has 2 aromatic rings. The molecule has 1 aromatic heterocycles. The van der Waals surface area contributed by atoms with Crippen molar-refractivity contribution >= 4 is 21.7 Å². The summed E-state index contributed by atoms with van der Waals surface area (Å²) in [7, 11) is 0. The molecule has 1 aromatic carbocycles. The normalized spacial score (nSPS) is 10.8. The topological polar surface area (TPSA) is 24.9 Å². The molecular formula is C17H21BrN2. The van der Waals surface area contributed by atoms with Crippen LogP contribution in [0, 0.1) is 6.92 Å². The molecule has 0 amide bonds. The highest BCUT2D eigenvalue weighted by Crippen LogP contribution is 2.17. The Morgan fingerprint density at radius 2 is 1.90 bits per heavy atom. The molecule has 0 aliphatic carbocycles.